The van der Waals surface area contributed by atoms with Crippen LogP contribution in [0, 0.1) is 5.82 Å². The number of benzene rings is 3. The summed E-state index contributed by atoms with van der Waals surface area (Å²) >= 11 is 0. The fourth-order valence-electron chi connectivity index (χ4n) is 5.28. The number of hydrogen-bond acceptors (Lipinski definition) is 8. The van der Waals surface area contributed by atoms with Crippen molar-refractivity contribution in [2.75, 3.05) is 0 Å². The summed E-state index contributed by atoms with van der Waals surface area (Å²) < 4.78 is 23.6. The highest BCUT2D eigenvalue weighted by atomic mass is 19.1. The van der Waals surface area contributed by atoms with Crippen molar-refractivity contribution in [2.45, 2.75) is 52.6 Å². The van der Waals surface area contributed by atoms with Crippen LogP contribution in [0.3, 0.4) is 0 Å². The van der Waals surface area contributed by atoms with Gasteiger partial charge in [0, 0.05) is 23.6 Å². The molecule has 3 aromatic carbocycles. The Balaban J connectivity index is 1.40. The van der Waals surface area contributed by atoms with Gasteiger partial charge in [0.15, 0.2) is 17.4 Å². The molecule has 0 saturated carbocycles. The maximum atomic E-state index is 15.0. The third-order valence-electron chi connectivity index (χ3n) is 7.15. The molecule has 2 N–H and O–H groups in total. The Morgan fingerprint density at radius 3 is 2.53 bits per heavy atom. The summed E-state index contributed by atoms with van der Waals surface area (Å²) in [6.07, 6.45) is 1.72. The molecule has 0 amide bonds. The molecule has 0 bridgehead atoms. The van der Waals surface area contributed by atoms with Crippen LogP contribution in [0.25, 0.3) is 22.6 Å². The lowest BCUT2D eigenvalue weighted by Crippen LogP contribution is -2.28. The Kier molecular flexibility index (Phi) is 7.75. The van der Waals surface area contributed by atoms with Gasteiger partial charge in [-0.2, -0.15) is 10.1 Å². The van der Waals surface area contributed by atoms with Crippen LogP contribution in [0.2, 0.25) is 0 Å². The fraction of sp³-hybridized carbons (Fsp3) is 0.250. The van der Waals surface area contributed by atoms with E-state index < -0.39 is 12.2 Å². The van der Waals surface area contributed by atoms with Gasteiger partial charge in [0.1, 0.15) is 6.33 Å². The van der Waals surface area contributed by atoms with Crippen LogP contribution in [0.1, 0.15) is 49.6 Å². The molecule has 1 atom stereocenters. The highest BCUT2D eigenvalue weighted by Gasteiger charge is 2.22. The molecule has 2 aromatic heterocycles. The molecule has 6 rings (SSSR count). The molecule has 0 saturated heterocycles. The van der Waals surface area contributed by atoms with Gasteiger partial charge in [-0.1, -0.05) is 61.9 Å². The Labute approximate surface area is 247 Å². The Hall–Kier alpha value is -4.87. The minimum Gasteiger partial charge on any atom is -0.488 e. The molecule has 11 heteroatoms. The van der Waals surface area contributed by atoms with Crippen molar-refractivity contribution >= 4 is 11.6 Å². The summed E-state index contributed by atoms with van der Waals surface area (Å²) in [5.41, 5.74) is 7.60. The van der Waals surface area contributed by atoms with Crippen LogP contribution in [0.4, 0.5) is 4.39 Å². The van der Waals surface area contributed by atoms with Gasteiger partial charge in [-0.3, -0.25) is 4.79 Å². The lowest BCUT2D eigenvalue weighted by atomic mass is 9.96. The van der Waals surface area contributed by atoms with E-state index in [4.69, 9.17) is 9.57 Å². The minimum atomic E-state index is -1.25. The summed E-state index contributed by atoms with van der Waals surface area (Å²) in [5.74, 6) is 0.316. The van der Waals surface area contributed by atoms with Gasteiger partial charge < -0.3 is 9.84 Å². The topological polar surface area (TPSA) is 115 Å². The van der Waals surface area contributed by atoms with Crippen molar-refractivity contribution < 1.29 is 19.1 Å². The monoisotopic (exact) mass is 582 g/mol. The molecular formula is C32H31FN6O4. The molecule has 0 aliphatic carbocycles. The molecule has 0 radical (unpaired) electrons. The molecule has 1 unspecified atom stereocenters. The molecule has 220 valence electrons. The predicted molar refractivity (Wildman–Crippen MR) is 160 cm³/mol. The number of fused-ring (bicyclic) bond motifs is 1. The van der Waals surface area contributed by atoms with Crippen LogP contribution in [0.5, 0.6) is 5.75 Å². The number of hydroxylamine groups is 1. The van der Waals surface area contributed by atoms with Gasteiger partial charge in [-0.15, -0.1) is 0 Å². The standard InChI is InChI=1S/C32H31FN6O4/c1-4-7-27-25(16-20-10-12-21(13-11-20)23-8-5-6-9-24(23)29-36-32(41)43-37-29)30(40)38(31-34-18-35-39(27)31)22-14-15-28(26(33)17-22)42-19(2)3/h5-6,8-15,17-19,32,41H,4,7,16H2,1-3H3,(H,36,37). The first kappa shape index (κ1) is 28.3. The number of nitrogens with zero attached hydrogens (tertiary/aromatic N) is 5. The van der Waals surface area contributed by atoms with Crippen LogP contribution in [0.15, 0.2) is 82.8 Å². The maximum absolute atomic E-state index is 15.0. The second-order valence-electron chi connectivity index (χ2n) is 10.5. The van der Waals surface area contributed by atoms with Crippen LogP contribution in [-0.4, -0.2) is 42.6 Å². The van der Waals surface area contributed by atoms with Crippen molar-refractivity contribution in [3.63, 3.8) is 0 Å². The summed E-state index contributed by atoms with van der Waals surface area (Å²) in [5, 5.41) is 14.1. The zero-order valence-corrected chi connectivity index (χ0v) is 24.0. The van der Waals surface area contributed by atoms with Gasteiger partial charge in [0.05, 0.1) is 17.5 Å². The number of rotatable bonds is 9. The summed E-state index contributed by atoms with van der Waals surface area (Å²) in [7, 11) is 0. The molecular weight excluding hydrogens is 551 g/mol. The molecule has 1 aliphatic heterocycles. The average Bonchev–Trinajstić information content (AvgIpc) is 3.66. The highest BCUT2D eigenvalue weighted by Crippen LogP contribution is 2.27. The average molecular weight is 583 g/mol. The SMILES string of the molecule is CCCc1c(Cc2ccc(-c3ccccc3C3=NC(O)ON3)cc2)c(=O)n(-c2ccc(OC(C)C)c(F)c2)c2ncnn12. The van der Waals surface area contributed by atoms with E-state index >= 15 is 4.39 Å². The van der Waals surface area contributed by atoms with Crippen molar-refractivity contribution in [1.82, 2.24) is 24.6 Å². The first-order valence-corrected chi connectivity index (χ1v) is 14.1. The van der Waals surface area contributed by atoms with Gasteiger partial charge in [0.2, 0.25) is 5.78 Å². The highest BCUT2D eigenvalue weighted by molar-refractivity contribution is 6.04. The van der Waals surface area contributed by atoms with Gasteiger partial charge >= 0.3 is 0 Å². The third kappa shape index (κ3) is 5.52. The third-order valence-corrected chi connectivity index (χ3v) is 7.15. The van der Waals surface area contributed by atoms with Gasteiger partial charge in [0.25, 0.3) is 12.0 Å². The van der Waals surface area contributed by atoms with Gasteiger partial charge in [-0.05, 0) is 49.1 Å². The van der Waals surface area contributed by atoms with Crippen molar-refractivity contribution in [2.24, 2.45) is 4.99 Å². The van der Waals surface area contributed by atoms with E-state index in [-0.39, 0.29) is 17.4 Å². The molecule has 0 spiro atoms. The number of aliphatic hydroxyl groups is 1. The van der Waals surface area contributed by atoms with Crippen LogP contribution < -0.4 is 15.8 Å². The molecule has 0 fully saturated rings. The predicted octanol–water partition coefficient (Wildman–Crippen LogP) is 4.57. The number of aryl methyl sites for hydroxylation is 1. The number of halogens is 1. The number of aromatic nitrogens is 4. The van der Waals surface area contributed by atoms with Crippen molar-refractivity contribution in [3.8, 4) is 22.6 Å². The number of hydrogen-bond donors (Lipinski definition) is 2. The number of amidine groups is 1. The van der Waals surface area contributed by atoms with E-state index in [1.165, 1.54) is 23.0 Å². The Bertz CT molecular complexity index is 1880. The summed E-state index contributed by atoms with van der Waals surface area (Å²) in [6.45, 7) is 5.69. The molecule has 10 nitrogen and oxygen atoms in total. The molecule has 3 heterocycles. The second-order valence-corrected chi connectivity index (χ2v) is 10.5. The van der Waals surface area contributed by atoms with E-state index in [1.54, 1.807) is 10.6 Å². The van der Waals surface area contributed by atoms with E-state index in [9.17, 15) is 9.90 Å². The second kappa shape index (κ2) is 11.8. The Morgan fingerprint density at radius 1 is 1.09 bits per heavy atom. The largest absolute Gasteiger partial charge is 0.488 e. The normalized spacial score (nSPS) is 14.7. The lowest BCUT2D eigenvalue weighted by Gasteiger charge is -2.17. The zero-order chi connectivity index (χ0) is 30.1. The smallest absolute Gasteiger partial charge is 0.280 e. The molecule has 1 aliphatic rings. The van der Waals surface area contributed by atoms with Crippen LogP contribution >= 0.6 is 0 Å². The number of aliphatic imine (C=N–C) groups is 1. The molecule has 43 heavy (non-hydrogen) atoms. The number of nitrogens with one attached hydrogen (secondary N) is 1. The first-order valence-electron chi connectivity index (χ1n) is 14.1. The maximum Gasteiger partial charge on any atom is 0.280 e. The zero-order valence-electron chi connectivity index (χ0n) is 24.0. The summed E-state index contributed by atoms with van der Waals surface area (Å²) in [6, 6.07) is 20.1. The molecule has 5 aromatic rings. The van der Waals surface area contributed by atoms with E-state index in [0.29, 0.717) is 35.7 Å². The quantitative estimate of drug-likeness (QED) is 0.262. The number of ether oxygens (including phenoxy) is 1. The minimum absolute atomic E-state index is 0.119. The van der Waals surface area contributed by atoms with E-state index in [0.717, 1.165) is 34.4 Å². The van der Waals surface area contributed by atoms with E-state index in [2.05, 4.69) is 20.6 Å². The van der Waals surface area contributed by atoms with Gasteiger partial charge in [-0.25, -0.2) is 28.8 Å². The van der Waals surface area contributed by atoms with Crippen LogP contribution in [-0.2, 0) is 17.7 Å². The summed E-state index contributed by atoms with van der Waals surface area (Å²) in [4.78, 5) is 27.6. The lowest BCUT2D eigenvalue weighted by molar-refractivity contribution is -0.102. The Morgan fingerprint density at radius 2 is 1.86 bits per heavy atom. The fourth-order valence-corrected chi connectivity index (χ4v) is 5.28. The van der Waals surface area contributed by atoms with Crippen molar-refractivity contribution in [1.29, 1.82) is 0 Å². The first-order chi connectivity index (χ1) is 20.8. The number of aliphatic hydroxyl groups excluding tert-OH is 1. The van der Waals surface area contributed by atoms with E-state index in [1.807, 2.05) is 69.3 Å². The van der Waals surface area contributed by atoms with Crippen molar-refractivity contribution in [3.05, 3.63) is 112 Å².